The Kier molecular flexibility index (Phi) is 6.05. The van der Waals surface area contributed by atoms with Crippen molar-refractivity contribution in [1.82, 2.24) is 25.1 Å². The SMILES string of the molecule is CCC(C)(C)n1nnnc1C(c1ccc(C)cc1)N1CCN(c2ccccc2F)CC1. The molecule has 0 N–H and O–H groups in total. The molecule has 1 aliphatic heterocycles. The summed E-state index contributed by atoms with van der Waals surface area (Å²) in [5, 5.41) is 12.9. The molecule has 0 bridgehead atoms. The van der Waals surface area contributed by atoms with E-state index >= 15 is 0 Å². The molecule has 164 valence electrons. The molecule has 31 heavy (non-hydrogen) atoms. The van der Waals surface area contributed by atoms with Gasteiger partial charge in [0.25, 0.3) is 0 Å². The Morgan fingerprint density at radius 1 is 1.00 bits per heavy atom. The average molecular weight is 423 g/mol. The zero-order valence-corrected chi connectivity index (χ0v) is 18.8. The van der Waals surface area contributed by atoms with Gasteiger partial charge in [0.1, 0.15) is 5.82 Å². The minimum absolute atomic E-state index is 0.0517. The molecule has 0 amide bonds. The number of piperazine rings is 1. The lowest BCUT2D eigenvalue weighted by atomic mass is 9.98. The van der Waals surface area contributed by atoms with Gasteiger partial charge >= 0.3 is 0 Å². The van der Waals surface area contributed by atoms with Gasteiger partial charge < -0.3 is 4.90 Å². The first kappa shape index (κ1) is 21.4. The van der Waals surface area contributed by atoms with Crippen molar-refractivity contribution >= 4 is 5.69 Å². The zero-order chi connectivity index (χ0) is 22.0. The smallest absolute Gasteiger partial charge is 0.173 e. The van der Waals surface area contributed by atoms with Gasteiger partial charge in [0.2, 0.25) is 0 Å². The third-order valence-electron chi connectivity index (χ3n) is 6.44. The van der Waals surface area contributed by atoms with Gasteiger partial charge in [-0.05, 0) is 55.3 Å². The van der Waals surface area contributed by atoms with Crippen LogP contribution < -0.4 is 4.90 Å². The number of para-hydroxylation sites is 1. The van der Waals surface area contributed by atoms with Crippen LogP contribution in [0.15, 0.2) is 48.5 Å². The fourth-order valence-corrected chi connectivity index (χ4v) is 4.15. The first-order valence-corrected chi connectivity index (χ1v) is 11.0. The summed E-state index contributed by atoms with van der Waals surface area (Å²) in [6, 6.07) is 15.6. The topological polar surface area (TPSA) is 50.1 Å². The van der Waals surface area contributed by atoms with Gasteiger partial charge in [0, 0.05) is 26.2 Å². The van der Waals surface area contributed by atoms with Crippen LogP contribution in [0.4, 0.5) is 10.1 Å². The second-order valence-corrected chi connectivity index (χ2v) is 8.90. The van der Waals surface area contributed by atoms with Crippen molar-refractivity contribution < 1.29 is 4.39 Å². The van der Waals surface area contributed by atoms with Crippen LogP contribution >= 0.6 is 0 Å². The number of tetrazole rings is 1. The van der Waals surface area contributed by atoms with Crippen molar-refractivity contribution in [3.05, 3.63) is 71.3 Å². The highest BCUT2D eigenvalue weighted by molar-refractivity contribution is 5.48. The number of aryl methyl sites for hydroxylation is 1. The molecule has 1 fully saturated rings. The molecule has 3 aromatic rings. The van der Waals surface area contributed by atoms with Crippen LogP contribution in [0.3, 0.4) is 0 Å². The van der Waals surface area contributed by atoms with Crippen molar-refractivity contribution in [2.45, 2.75) is 45.7 Å². The molecule has 4 rings (SSSR count). The number of benzene rings is 2. The van der Waals surface area contributed by atoms with E-state index in [-0.39, 0.29) is 17.4 Å². The zero-order valence-electron chi connectivity index (χ0n) is 18.8. The first-order chi connectivity index (χ1) is 14.9. The Morgan fingerprint density at radius 2 is 1.68 bits per heavy atom. The van der Waals surface area contributed by atoms with Crippen LogP contribution in [-0.4, -0.2) is 51.3 Å². The standard InChI is InChI=1S/C24H31FN6/c1-5-24(3,4)31-23(26-27-28-31)22(19-12-10-18(2)11-13-19)30-16-14-29(15-17-30)21-9-7-6-8-20(21)25/h6-13,22H,5,14-17H2,1-4H3. The molecule has 2 heterocycles. The molecule has 1 atom stereocenters. The Balaban J connectivity index is 1.65. The Bertz CT molecular complexity index is 1000. The number of anilines is 1. The number of hydrogen-bond acceptors (Lipinski definition) is 5. The fourth-order valence-electron chi connectivity index (χ4n) is 4.15. The monoisotopic (exact) mass is 422 g/mol. The highest BCUT2D eigenvalue weighted by Crippen LogP contribution is 2.32. The normalized spacial score (nSPS) is 16.5. The largest absolute Gasteiger partial charge is 0.367 e. The van der Waals surface area contributed by atoms with Crippen LogP contribution in [0.1, 0.15) is 50.2 Å². The highest BCUT2D eigenvalue weighted by atomic mass is 19.1. The molecular formula is C24H31FN6. The summed E-state index contributed by atoms with van der Waals surface area (Å²) in [5.74, 6) is 0.690. The Hall–Kier alpha value is -2.80. The minimum Gasteiger partial charge on any atom is -0.367 e. The van der Waals surface area contributed by atoms with Crippen LogP contribution in [0, 0.1) is 12.7 Å². The Labute approximate surface area is 183 Å². The van der Waals surface area contributed by atoms with Crippen LogP contribution in [0.25, 0.3) is 0 Å². The van der Waals surface area contributed by atoms with E-state index in [9.17, 15) is 4.39 Å². The average Bonchev–Trinajstić information content (AvgIpc) is 3.27. The molecule has 0 saturated carbocycles. The van der Waals surface area contributed by atoms with Gasteiger partial charge in [-0.2, -0.15) is 0 Å². The lowest BCUT2D eigenvalue weighted by Crippen LogP contribution is -2.49. The first-order valence-electron chi connectivity index (χ1n) is 11.0. The van der Waals surface area contributed by atoms with E-state index in [1.54, 1.807) is 6.07 Å². The van der Waals surface area contributed by atoms with Gasteiger partial charge in [-0.15, -0.1) is 5.10 Å². The summed E-state index contributed by atoms with van der Waals surface area (Å²) in [6.07, 6.45) is 0.923. The number of nitrogens with zero attached hydrogens (tertiary/aromatic N) is 6. The van der Waals surface area contributed by atoms with E-state index in [4.69, 9.17) is 0 Å². The van der Waals surface area contributed by atoms with Gasteiger partial charge in [-0.1, -0.05) is 48.9 Å². The number of aromatic nitrogens is 4. The third-order valence-corrected chi connectivity index (χ3v) is 6.44. The van der Waals surface area contributed by atoms with Gasteiger partial charge in [-0.25, -0.2) is 9.07 Å². The Morgan fingerprint density at radius 3 is 2.32 bits per heavy atom. The maximum absolute atomic E-state index is 14.3. The molecular weight excluding hydrogens is 391 g/mol. The van der Waals surface area contributed by atoms with E-state index in [0.29, 0.717) is 5.69 Å². The molecule has 6 nitrogen and oxygen atoms in total. The van der Waals surface area contributed by atoms with Gasteiger partial charge in [0.05, 0.1) is 17.3 Å². The minimum atomic E-state index is -0.184. The fraction of sp³-hybridized carbons (Fsp3) is 0.458. The van der Waals surface area contributed by atoms with Crippen molar-refractivity contribution in [2.24, 2.45) is 0 Å². The molecule has 0 spiro atoms. The van der Waals surface area contributed by atoms with E-state index in [1.807, 2.05) is 16.8 Å². The molecule has 2 aromatic carbocycles. The number of rotatable bonds is 6. The van der Waals surface area contributed by atoms with Crippen molar-refractivity contribution in [3.63, 3.8) is 0 Å². The van der Waals surface area contributed by atoms with Crippen molar-refractivity contribution in [1.29, 1.82) is 0 Å². The predicted octanol–water partition coefficient (Wildman–Crippen LogP) is 4.18. The predicted molar refractivity (Wildman–Crippen MR) is 121 cm³/mol. The van der Waals surface area contributed by atoms with Crippen LogP contribution in [-0.2, 0) is 5.54 Å². The van der Waals surface area contributed by atoms with Crippen LogP contribution in [0.5, 0.6) is 0 Å². The molecule has 1 aromatic heterocycles. The van der Waals surface area contributed by atoms with E-state index < -0.39 is 0 Å². The highest BCUT2D eigenvalue weighted by Gasteiger charge is 2.34. The summed E-state index contributed by atoms with van der Waals surface area (Å²) >= 11 is 0. The lowest BCUT2D eigenvalue weighted by Gasteiger charge is -2.40. The van der Waals surface area contributed by atoms with Gasteiger partial charge in [-0.3, -0.25) is 4.90 Å². The third kappa shape index (κ3) is 4.32. The van der Waals surface area contributed by atoms with Crippen molar-refractivity contribution in [3.8, 4) is 0 Å². The molecule has 1 aliphatic rings. The molecule has 0 aliphatic carbocycles. The van der Waals surface area contributed by atoms with E-state index in [2.05, 4.69) is 77.3 Å². The summed E-state index contributed by atoms with van der Waals surface area (Å²) in [6.45, 7) is 11.7. The second kappa shape index (κ2) is 8.75. The van der Waals surface area contributed by atoms with E-state index in [0.717, 1.165) is 38.4 Å². The number of hydrogen-bond donors (Lipinski definition) is 0. The molecule has 7 heteroatoms. The molecule has 1 saturated heterocycles. The maximum Gasteiger partial charge on any atom is 0.173 e. The molecule has 0 radical (unpaired) electrons. The lowest BCUT2D eigenvalue weighted by molar-refractivity contribution is 0.187. The summed E-state index contributed by atoms with van der Waals surface area (Å²) < 4.78 is 16.3. The summed E-state index contributed by atoms with van der Waals surface area (Å²) in [4.78, 5) is 4.53. The summed E-state index contributed by atoms with van der Waals surface area (Å²) in [5.41, 5.74) is 2.88. The van der Waals surface area contributed by atoms with Crippen molar-refractivity contribution in [2.75, 3.05) is 31.1 Å². The maximum atomic E-state index is 14.3. The second-order valence-electron chi connectivity index (χ2n) is 8.90. The summed E-state index contributed by atoms with van der Waals surface area (Å²) in [7, 11) is 0. The number of halogens is 1. The molecule has 1 unspecified atom stereocenters. The quantitative estimate of drug-likeness (QED) is 0.597. The van der Waals surface area contributed by atoms with Crippen LogP contribution in [0.2, 0.25) is 0 Å². The van der Waals surface area contributed by atoms with Gasteiger partial charge in [0.15, 0.2) is 5.82 Å². The van der Waals surface area contributed by atoms with E-state index in [1.165, 1.54) is 17.2 Å².